The van der Waals surface area contributed by atoms with Crippen LogP contribution in [-0.4, -0.2) is 18.4 Å². The van der Waals surface area contributed by atoms with Crippen LogP contribution in [0, 0.1) is 6.92 Å². The summed E-state index contributed by atoms with van der Waals surface area (Å²) in [4.78, 5) is 5.51. The molecule has 0 fully saturated rings. The first-order valence-electron chi connectivity index (χ1n) is 2.46. The Kier molecular flexibility index (Phi) is 1.47. The van der Waals surface area contributed by atoms with Crippen LogP contribution in [0.15, 0.2) is 11.4 Å². The predicted molar refractivity (Wildman–Crippen MR) is 31.6 cm³/mol. The second-order valence-electron chi connectivity index (χ2n) is 1.81. The Morgan fingerprint density at radius 2 is 2.30 bits per heavy atom. The minimum Gasteiger partial charge on any atom is -0.331 e. The molecular formula is C4H5FN2O2S. The molecule has 0 saturated carbocycles. The summed E-state index contributed by atoms with van der Waals surface area (Å²) < 4.78 is 32.2. The molecule has 0 aromatic carbocycles. The lowest BCUT2D eigenvalue weighted by Crippen LogP contribution is -1.93. The Hall–Kier alpha value is -0.910. The second-order valence-corrected chi connectivity index (χ2v) is 3.07. The third kappa shape index (κ3) is 1.32. The van der Waals surface area contributed by atoms with Crippen molar-refractivity contribution in [2.45, 2.75) is 12.1 Å². The van der Waals surface area contributed by atoms with Crippen molar-refractivity contribution in [3.8, 4) is 0 Å². The zero-order valence-electron chi connectivity index (χ0n) is 5.13. The van der Waals surface area contributed by atoms with E-state index in [-0.39, 0.29) is 0 Å². The van der Waals surface area contributed by atoms with E-state index in [9.17, 15) is 12.3 Å². The lowest BCUT2D eigenvalue weighted by Gasteiger charge is -1.83. The van der Waals surface area contributed by atoms with Crippen molar-refractivity contribution in [3.05, 3.63) is 11.9 Å². The van der Waals surface area contributed by atoms with Crippen molar-refractivity contribution >= 4 is 10.2 Å². The highest BCUT2D eigenvalue weighted by atomic mass is 32.3. The number of H-pyrrole nitrogens is 1. The topological polar surface area (TPSA) is 62.8 Å². The van der Waals surface area contributed by atoms with Gasteiger partial charge < -0.3 is 4.98 Å². The summed E-state index contributed by atoms with van der Waals surface area (Å²) in [7, 11) is -4.65. The summed E-state index contributed by atoms with van der Waals surface area (Å²) in [5.41, 5.74) is 0.510. The smallest absolute Gasteiger partial charge is 0.331 e. The molecule has 1 aromatic rings. The van der Waals surface area contributed by atoms with Crippen LogP contribution in [0.5, 0.6) is 0 Å². The van der Waals surface area contributed by atoms with E-state index < -0.39 is 15.4 Å². The van der Waals surface area contributed by atoms with Crippen LogP contribution in [0.3, 0.4) is 0 Å². The van der Waals surface area contributed by atoms with E-state index in [0.717, 1.165) is 0 Å². The standard InChI is InChI=1S/C4H5FN2O2S/c1-3-2-6-4(7-3)10(5,8)9/h2H,1H3,(H,6,7). The van der Waals surface area contributed by atoms with Crippen LogP contribution in [0.1, 0.15) is 5.69 Å². The molecule has 0 saturated heterocycles. The number of hydrogen-bond donors (Lipinski definition) is 1. The highest BCUT2D eigenvalue weighted by molar-refractivity contribution is 7.86. The summed E-state index contributed by atoms with van der Waals surface area (Å²) in [6.45, 7) is 1.58. The van der Waals surface area contributed by atoms with E-state index in [1.54, 1.807) is 6.92 Å². The molecule has 56 valence electrons. The van der Waals surface area contributed by atoms with E-state index in [4.69, 9.17) is 0 Å². The van der Waals surface area contributed by atoms with Crippen molar-refractivity contribution in [1.82, 2.24) is 9.97 Å². The fourth-order valence-electron chi connectivity index (χ4n) is 0.513. The van der Waals surface area contributed by atoms with Gasteiger partial charge in [0.2, 0.25) is 0 Å². The molecule has 0 spiro atoms. The van der Waals surface area contributed by atoms with Crippen molar-refractivity contribution in [2.75, 3.05) is 0 Å². The van der Waals surface area contributed by atoms with E-state index in [1.165, 1.54) is 6.20 Å². The highest BCUT2D eigenvalue weighted by Gasteiger charge is 2.14. The summed E-state index contributed by atoms with van der Waals surface area (Å²) in [6.07, 6.45) is 1.24. The number of rotatable bonds is 1. The number of imidazole rings is 1. The molecule has 4 nitrogen and oxygen atoms in total. The average molecular weight is 164 g/mol. The fraction of sp³-hybridized carbons (Fsp3) is 0.250. The van der Waals surface area contributed by atoms with Gasteiger partial charge in [-0.25, -0.2) is 4.98 Å². The molecular weight excluding hydrogens is 159 g/mol. The molecule has 0 unspecified atom stereocenters. The predicted octanol–water partition coefficient (Wildman–Crippen LogP) is 0.376. The maximum atomic E-state index is 12.0. The Morgan fingerprint density at radius 1 is 1.70 bits per heavy atom. The molecule has 1 heterocycles. The molecule has 0 atom stereocenters. The van der Waals surface area contributed by atoms with Crippen molar-refractivity contribution in [1.29, 1.82) is 0 Å². The molecule has 1 rings (SSSR count). The largest absolute Gasteiger partial charge is 0.366 e. The third-order valence-corrected chi connectivity index (χ3v) is 1.58. The van der Waals surface area contributed by atoms with Crippen LogP contribution in [0.4, 0.5) is 3.89 Å². The van der Waals surface area contributed by atoms with Gasteiger partial charge in [-0.3, -0.25) is 0 Å². The summed E-state index contributed by atoms with van der Waals surface area (Å²) in [5, 5.41) is -0.634. The van der Waals surface area contributed by atoms with E-state index in [0.29, 0.717) is 5.69 Å². The number of nitrogens with one attached hydrogen (secondary N) is 1. The van der Waals surface area contributed by atoms with Gasteiger partial charge in [0, 0.05) is 11.9 Å². The molecule has 0 amide bonds. The van der Waals surface area contributed by atoms with Gasteiger partial charge in [-0.05, 0) is 6.92 Å². The number of nitrogens with zero attached hydrogens (tertiary/aromatic N) is 1. The van der Waals surface area contributed by atoms with Gasteiger partial charge in [-0.2, -0.15) is 8.42 Å². The zero-order valence-corrected chi connectivity index (χ0v) is 5.94. The third-order valence-electron chi connectivity index (χ3n) is 0.911. The van der Waals surface area contributed by atoms with Gasteiger partial charge in [0.05, 0.1) is 0 Å². The SMILES string of the molecule is Cc1cnc(S(=O)(=O)F)[nH]1. The first-order valence-corrected chi connectivity index (χ1v) is 3.85. The van der Waals surface area contributed by atoms with Gasteiger partial charge in [0.1, 0.15) is 0 Å². The molecule has 0 radical (unpaired) electrons. The minimum absolute atomic E-state index is 0.510. The van der Waals surface area contributed by atoms with Crippen molar-refractivity contribution in [2.24, 2.45) is 0 Å². The molecule has 1 aromatic heterocycles. The maximum absolute atomic E-state index is 12.0. The summed E-state index contributed by atoms with van der Waals surface area (Å²) in [5.74, 6) is 0. The first-order chi connectivity index (χ1) is 4.50. The van der Waals surface area contributed by atoms with Gasteiger partial charge in [-0.15, -0.1) is 0 Å². The Bertz CT molecular complexity index is 329. The van der Waals surface area contributed by atoms with Crippen LogP contribution < -0.4 is 0 Å². The van der Waals surface area contributed by atoms with Crippen LogP contribution >= 0.6 is 0 Å². The van der Waals surface area contributed by atoms with Gasteiger partial charge in [0.25, 0.3) is 5.16 Å². The molecule has 10 heavy (non-hydrogen) atoms. The fourth-order valence-corrected chi connectivity index (χ4v) is 0.974. The maximum Gasteiger partial charge on any atom is 0.366 e. The molecule has 0 bridgehead atoms. The zero-order chi connectivity index (χ0) is 7.78. The van der Waals surface area contributed by atoms with Crippen LogP contribution in [0.2, 0.25) is 0 Å². The Balaban J connectivity index is 3.21. The van der Waals surface area contributed by atoms with Crippen LogP contribution in [0.25, 0.3) is 0 Å². The van der Waals surface area contributed by atoms with E-state index in [2.05, 4.69) is 9.97 Å². The molecule has 6 heteroatoms. The van der Waals surface area contributed by atoms with Crippen molar-refractivity contribution < 1.29 is 12.3 Å². The number of aromatic nitrogens is 2. The van der Waals surface area contributed by atoms with E-state index in [1.807, 2.05) is 0 Å². The molecule has 0 aliphatic heterocycles. The van der Waals surface area contributed by atoms with E-state index >= 15 is 0 Å². The lowest BCUT2D eigenvalue weighted by molar-refractivity contribution is 0.543. The quantitative estimate of drug-likeness (QED) is 0.610. The Morgan fingerprint density at radius 3 is 2.50 bits per heavy atom. The number of aromatic amines is 1. The van der Waals surface area contributed by atoms with Crippen LogP contribution in [-0.2, 0) is 10.2 Å². The number of halogens is 1. The average Bonchev–Trinajstić information content (AvgIpc) is 2.11. The first kappa shape index (κ1) is 7.20. The second kappa shape index (κ2) is 2.05. The van der Waals surface area contributed by atoms with Crippen molar-refractivity contribution in [3.63, 3.8) is 0 Å². The van der Waals surface area contributed by atoms with Gasteiger partial charge in [0.15, 0.2) is 0 Å². The molecule has 0 aliphatic carbocycles. The minimum atomic E-state index is -4.65. The number of hydrogen-bond acceptors (Lipinski definition) is 3. The lowest BCUT2D eigenvalue weighted by atomic mass is 10.6. The van der Waals surface area contributed by atoms with Gasteiger partial charge in [-0.1, -0.05) is 3.89 Å². The summed E-state index contributed by atoms with van der Waals surface area (Å²) >= 11 is 0. The van der Waals surface area contributed by atoms with Gasteiger partial charge >= 0.3 is 10.2 Å². The Labute approximate surface area is 57.3 Å². The highest BCUT2D eigenvalue weighted by Crippen LogP contribution is 2.05. The normalized spacial score (nSPS) is 11.8. The molecule has 0 aliphatic rings. The monoisotopic (exact) mass is 164 g/mol. The molecule has 1 N–H and O–H groups in total. The summed E-state index contributed by atoms with van der Waals surface area (Å²) in [6, 6.07) is 0. The number of aryl methyl sites for hydroxylation is 1.